The fraction of sp³-hybridized carbons (Fsp3) is 0.538. The van der Waals surface area contributed by atoms with Gasteiger partial charge >= 0.3 is 0 Å². The monoisotopic (exact) mass is 504 g/mol. The first-order valence-electron chi connectivity index (χ1n) is 12.0. The van der Waals surface area contributed by atoms with Gasteiger partial charge in [-0.3, -0.25) is 0 Å². The molecular weight excluding hydrogens is 472 g/mol. The number of benzene rings is 2. The van der Waals surface area contributed by atoms with Crippen LogP contribution >= 0.6 is 0 Å². The molecule has 10 heteroatoms. The van der Waals surface area contributed by atoms with Gasteiger partial charge in [0.05, 0.1) is 26.4 Å². The normalized spacial score (nSPS) is 38.9. The highest BCUT2D eigenvalue weighted by Gasteiger charge is 2.57. The number of fused-ring (bicyclic) bond motifs is 2. The molecule has 0 amide bonds. The fourth-order valence-corrected chi connectivity index (χ4v) is 5.31. The summed E-state index contributed by atoms with van der Waals surface area (Å²) in [7, 11) is 0. The van der Waals surface area contributed by atoms with Gasteiger partial charge < -0.3 is 49.6 Å². The maximum Gasteiger partial charge on any atom is 0.202 e. The predicted molar refractivity (Wildman–Crippen MR) is 123 cm³/mol. The van der Waals surface area contributed by atoms with E-state index in [1.54, 1.807) is 0 Å². The average Bonchev–Trinajstić information content (AvgIpc) is 3.28. The lowest BCUT2D eigenvalue weighted by Crippen LogP contribution is -2.49. The predicted octanol–water partition coefficient (Wildman–Crippen LogP) is -0.863. The van der Waals surface area contributed by atoms with Crippen molar-refractivity contribution >= 4 is 0 Å². The lowest BCUT2D eigenvalue weighted by molar-refractivity contribution is -0.271. The standard InChI is InChI=1S/2C13H16O5/c2*14-6-10-11(15)12(16)13(18-10)5-8-3-1-2-4-9(8)7-17-13/h2*1-4,10-12,14-16H,5-7H2/t10-,11-,12+,13+;10-,11-,12+,13-/m11/s1. The zero-order valence-electron chi connectivity index (χ0n) is 19.6. The zero-order valence-corrected chi connectivity index (χ0v) is 19.6. The molecule has 196 valence electrons. The number of aliphatic hydroxyl groups excluding tert-OH is 6. The highest BCUT2D eigenvalue weighted by molar-refractivity contribution is 5.31. The van der Waals surface area contributed by atoms with E-state index in [9.17, 15) is 20.4 Å². The minimum Gasteiger partial charge on any atom is -0.394 e. The van der Waals surface area contributed by atoms with Crippen LogP contribution in [0.3, 0.4) is 0 Å². The van der Waals surface area contributed by atoms with Gasteiger partial charge in [0.15, 0.2) is 0 Å². The summed E-state index contributed by atoms with van der Waals surface area (Å²) in [6.07, 6.45) is -5.41. The summed E-state index contributed by atoms with van der Waals surface area (Å²) in [6, 6.07) is 15.5. The molecule has 8 atom stereocenters. The van der Waals surface area contributed by atoms with Gasteiger partial charge in [-0.1, -0.05) is 48.5 Å². The maximum atomic E-state index is 10.1. The third kappa shape index (κ3) is 4.37. The summed E-state index contributed by atoms with van der Waals surface area (Å²) < 4.78 is 22.3. The summed E-state index contributed by atoms with van der Waals surface area (Å²) in [4.78, 5) is 0. The molecular formula is C26H32O10. The Balaban J connectivity index is 0.000000148. The minimum atomic E-state index is -1.23. The van der Waals surface area contributed by atoms with Gasteiger partial charge in [0.25, 0.3) is 0 Å². The van der Waals surface area contributed by atoms with Crippen LogP contribution in [0.5, 0.6) is 0 Å². The second-order valence-electron chi connectivity index (χ2n) is 9.64. The second-order valence-corrected chi connectivity index (χ2v) is 9.64. The Kier molecular flexibility index (Phi) is 7.18. The van der Waals surface area contributed by atoms with E-state index < -0.39 is 48.2 Å². The van der Waals surface area contributed by atoms with Crippen molar-refractivity contribution in [3.63, 3.8) is 0 Å². The van der Waals surface area contributed by atoms with Gasteiger partial charge in [-0.25, -0.2) is 0 Å². The third-order valence-electron chi connectivity index (χ3n) is 7.43. The third-order valence-corrected chi connectivity index (χ3v) is 7.43. The van der Waals surface area contributed by atoms with Crippen LogP contribution in [-0.2, 0) is 45.0 Å². The fourth-order valence-electron chi connectivity index (χ4n) is 5.31. The maximum absolute atomic E-state index is 10.1. The molecule has 0 bridgehead atoms. The molecule has 2 fully saturated rings. The Hall–Kier alpha value is -1.96. The van der Waals surface area contributed by atoms with E-state index in [-0.39, 0.29) is 13.2 Å². The summed E-state index contributed by atoms with van der Waals surface area (Å²) in [5.41, 5.74) is 4.18. The Morgan fingerprint density at radius 2 is 0.972 bits per heavy atom. The number of hydrogen-bond donors (Lipinski definition) is 6. The van der Waals surface area contributed by atoms with Crippen LogP contribution in [0.2, 0.25) is 0 Å². The Morgan fingerprint density at radius 3 is 1.31 bits per heavy atom. The van der Waals surface area contributed by atoms with Crippen LogP contribution in [0.25, 0.3) is 0 Å². The van der Waals surface area contributed by atoms with Gasteiger partial charge in [0.2, 0.25) is 11.6 Å². The molecule has 6 N–H and O–H groups in total. The smallest absolute Gasteiger partial charge is 0.202 e. The summed E-state index contributed by atoms with van der Waals surface area (Å²) in [6.45, 7) is -0.0217. The van der Waals surface area contributed by atoms with Gasteiger partial charge in [-0.2, -0.15) is 0 Å². The van der Waals surface area contributed by atoms with Crippen LogP contribution in [-0.4, -0.2) is 92.1 Å². The number of hydrogen-bond acceptors (Lipinski definition) is 10. The molecule has 4 aliphatic heterocycles. The Morgan fingerprint density at radius 1 is 0.611 bits per heavy atom. The topological polar surface area (TPSA) is 158 Å². The van der Waals surface area contributed by atoms with Crippen molar-refractivity contribution in [2.45, 2.75) is 74.3 Å². The Labute approximate surface area is 208 Å². The van der Waals surface area contributed by atoms with Crippen molar-refractivity contribution in [3.8, 4) is 0 Å². The first kappa shape index (κ1) is 25.7. The van der Waals surface area contributed by atoms with Crippen LogP contribution < -0.4 is 0 Å². The first-order chi connectivity index (χ1) is 17.3. The lowest BCUT2D eigenvalue weighted by atomic mass is 9.92. The highest BCUT2D eigenvalue weighted by atomic mass is 16.7. The number of rotatable bonds is 2. The molecule has 10 nitrogen and oxygen atoms in total. The van der Waals surface area contributed by atoms with E-state index in [1.807, 2.05) is 48.5 Å². The van der Waals surface area contributed by atoms with Gasteiger partial charge in [0.1, 0.15) is 36.6 Å². The van der Waals surface area contributed by atoms with Gasteiger partial charge in [-0.05, 0) is 22.3 Å². The molecule has 2 aromatic rings. The van der Waals surface area contributed by atoms with Crippen molar-refractivity contribution < 1.29 is 49.6 Å². The highest BCUT2D eigenvalue weighted by Crippen LogP contribution is 2.40. The summed E-state index contributed by atoms with van der Waals surface area (Å²) >= 11 is 0. The van der Waals surface area contributed by atoms with Crippen molar-refractivity contribution in [2.24, 2.45) is 0 Å². The van der Waals surface area contributed by atoms with E-state index in [1.165, 1.54) is 0 Å². The molecule has 0 saturated carbocycles. The molecule has 6 rings (SSSR count). The molecule has 2 aromatic carbocycles. The van der Waals surface area contributed by atoms with Crippen molar-refractivity contribution in [2.75, 3.05) is 13.2 Å². The first-order valence-corrected chi connectivity index (χ1v) is 12.0. The van der Waals surface area contributed by atoms with Crippen LogP contribution in [0.4, 0.5) is 0 Å². The van der Waals surface area contributed by atoms with Crippen LogP contribution in [0.1, 0.15) is 22.3 Å². The van der Waals surface area contributed by atoms with E-state index in [2.05, 4.69) is 0 Å². The lowest BCUT2D eigenvalue weighted by Gasteiger charge is -2.36. The molecule has 4 aliphatic rings. The van der Waals surface area contributed by atoms with Crippen molar-refractivity contribution in [1.82, 2.24) is 0 Å². The SMILES string of the molecule is OC[C@H]1O[C@@]2(Cc3ccccc3CO2)[C@@H](O)[C@@H]1O.OC[C@H]1O[C@]2(Cc3ccccc3CO2)[C@@H](O)[C@@H]1O. The molecule has 0 unspecified atom stereocenters. The number of aliphatic hydroxyl groups is 6. The van der Waals surface area contributed by atoms with E-state index in [0.29, 0.717) is 26.1 Å². The largest absolute Gasteiger partial charge is 0.394 e. The van der Waals surface area contributed by atoms with E-state index >= 15 is 0 Å². The molecule has 0 aliphatic carbocycles. The van der Waals surface area contributed by atoms with Crippen LogP contribution in [0.15, 0.2) is 48.5 Å². The molecule has 2 saturated heterocycles. The van der Waals surface area contributed by atoms with Gasteiger partial charge in [0, 0.05) is 12.8 Å². The number of ether oxygens (including phenoxy) is 4. The van der Waals surface area contributed by atoms with Crippen LogP contribution in [0, 0.1) is 0 Å². The Bertz CT molecular complexity index is 981. The van der Waals surface area contributed by atoms with Gasteiger partial charge in [-0.15, -0.1) is 0 Å². The quantitative estimate of drug-likeness (QED) is 0.304. The van der Waals surface area contributed by atoms with Crippen molar-refractivity contribution in [1.29, 1.82) is 0 Å². The second kappa shape index (κ2) is 10.1. The summed E-state index contributed by atoms with van der Waals surface area (Å²) in [5, 5.41) is 58.0. The molecule has 2 spiro atoms. The zero-order chi connectivity index (χ0) is 25.5. The summed E-state index contributed by atoms with van der Waals surface area (Å²) in [5.74, 6) is -2.47. The van der Waals surface area contributed by atoms with E-state index in [0.717, 1.165) is 22.3 Å². The van der Waals surface area contributed by atoms with Crippen molar-refractivity contribution in [3.05, 3.63) is 70.8 Å². The molecule has 36 heavy (non-hydrogen) atoms. The average molecular weight is 505 g/mol. The minimum absolute atomic E-state index is 0.331. The van der Waals surface area contributed by atoms with E-state index in [4.69, 9.17) is 29.2 Å². The molecule has 4 heterocycles. The molecule has 0 aromatic heterocycles. The molecule has 0 radical (unpaired) electrons.